The number of nitrogens with zero attached hydrogens (tertiary/aromatic N) is 2. The fourth-order valence-electron chi connectivity index (χ4n) is 1.72. The van der Waals surface area contributed by atoms with Crippen LogP contribution < -0.4 is 9.26 Å². The highest BCUT2D eigenvalue weighted by molar-refractivity contribution is 8.07. The second-order valence-corrected chi connectivity index (χ2v) is 7.39. The predicted octanol–water partition coefficient (Wildman–Crippen LogP) is 4.25. The number of aryl methyl sites for hydroxylation is 1. The van der Waals surface area contributed by atoms with Crippen molar-refractivity contribution in [1.29, 1.82) is 0 Å². The van der Waals surface area contributed by atoms with Gasteiger partial charge < -0.3 is 9.26 Å². The molecule has 6 nitrogen and oxygen atoms in total. The van der Waals surface area contributed by atoms with Gasteiger partial charge in [-0.15, -0.1) is 10.2 Å². The Morgan fingerprint density at radius 1 is 0.957 bits per heavy atom. The molecule has 1 heterocycles. The van der Waals surface area contributed by atoms with E-state index in [4.69, 9.17) is 30.1 Å². The lowest BCUT2D eigenvalue weighted by atomic mass is 10.2. The largest absolute Gasteiger partial charge is 0.437 e. The van der Waals surface area contributed by atoms with E-state index in [-0.39, 0.29) is 5.88 Å². The number of benzene rings is 1. The van der Waals surface area contributed by atoms with Crippen LogP contribution >= 0.6 is 6.72 Å². The quantitative estimate of drug-likeness (QED) is 0.657. The van der Waals surface area contributed by atoms with Crippen molar-refractivity contribution in [1.82, 2.24) is 10.2 Å². The molecule has 0 atom stereocenters. The van der Waals surface area contributed by atoms with Gasteiger partial charge in [0, 0.05) is 23.9 Å². The Morgan fingerprint density at radius 2 is 1.57 bits per heavy atom. The summed E-state index contributed by atoms with van der Waals surface area (Å²) in [6.45, 7) is 3.58. The van der Waals surface area contributed by atoms with Crippen LogP contribution in [0.25, 0.3) is 0 Å². The van der Waals surface area contributed by atoms with Crippen LogP contribution in [0.1, 0.15) is 19.4 Å². The van der Waals surface area contributed by atoms with E-state index in [2.05, 4.69) is 10.2 Å². The number of hydrogen-bond donors (Lipinski definition) is 0. The first-order chi connectivity index (χ1) is 11.1. The zero-order valence-corrected chi connectivity index (χ0v) is 15.0. The van der Waals surface area contributed by atoms with Crippen molar-refractivity contribution in [3.63, 3.8) is 0 Å². The standard InChI is InChI=1S/C15H19N2O4PS/c1-4-18-22(23,19-5-2)21-15-11-10-14(16-17-15)20-13-9-7-6-8-12(13)3/h6-11H,4-5H2,1-3H3. The number of aromatic nitrogens is 2. The molecule has 2 aromatic rings. The van der Waals surface area contributed by atoms with Crippen molar-refractivity contribution < 1.29 is 18.3 Å². The molecule has 0 unspecified atom stereocenters. The van der Waals surface area contributed by atoms with Gasteiger partial charge in [0.25, 0.3) is 0 Å². The Morgan fingerprint density at radius 3 is 2.13 bits per heavy atom. The predicted molar refractivity (Wildman–Crippen MR) is 91.5 cm³/mol. The molecule has 124 valence electrons. The van der Waals surface area contributed by atoms with Crippen molar-refractivity contribution >= 4 is 18.5 Å². The van der Waals surface area contributed by atoms with Gasteiger partial charge in [-0.05, 0) is 32.4 Å². The Hall–Kier alpha value is -1.53. The average molecular weight is 354 g/mol. The van der Waals surface area contributed by atoms with E-state index in [1.807, 2.05) is 45.0 Å². The van der Waals surface area contributed by atoms with Crippen LogP contribution in [-0.2, 0) is 20.9 Å². The minimum Gasteiger partial charge on any atom is -0.437 e. The minimum atomic E-state index is -2.84. The Bertz CT molecular complexity index is 671. The number of hydrogen-bond acceptors (Lipinski definition) is 7. The lowest BCUT2D eigenvalue weighted by Gasteiger charge is -2.19. The number of ether oxygens (including phenoxy) is 1. The molecule has 8 heteroatoms. The maximum atomic E-state index is 5.68. The van der Waals surface area contributed by atoms with Crippen LogP contribution in [0.4, 0.5) is 0 Å². The Labute approximate surface area is 141 Å². The molecular weight excluding hydrogens is 335 g/mol. The summed E-state index contributed by atoms with van der Waals surface area (Å²) in [4.78, 5) is 0. The molecule has 0 aliphatic carbocycles. The van der Waals surface area contributed by atoms with Crippen LogP contribution in [0.2, 0.25) is 0 Å². The molecular formula is C15H19N2O4PS. The number of rotatable bonds is 8. The van der Waals surface area contributed by atoms with Crippen molar-refractivity contribution in [3.05, 3.63) is 42.0 Å². The van der Waals surface area contributed by atoms with Gasteiger partial charge in [0.05, 0.1) is 13.2 Å². The van der Waals surface area contributed by atoms with Gasteiger partial charge in [0.2, 0.25) is 11.8 Å². The van der Waals surface area contributed by atoms with E-state index in [1.165, 1.54) is 0 Å². The molecule has 0 bridgehead atoms. The van der Waals surface area contributed by atoms with Crippen LogP contribution in [0.15, 0.2) is 36.4 Å². The maximum absolute atomic E-state index is 5.68. The molecule has 0 amide bonds. The van der Waals surface area contributed by atoms with E-state index in [0.717, 1.165) is 11.3 Å². The van der Waals surface area contributed by atoms with Gasteiger partial charge in [-0.1, -0.05) is 18.2 Å². The van der Waals surface area contributed by atoms with Gasteiger partial charge in [0.15, 0.2) is 0 Å². The monoisotopic (exact) mass is 354 g/mol. The first kappa shape index (κ1) is 17.8. The first-order valence-electron chi connectivity index (χ1n) is 7.22. The molecule has 2 rings (SSSR count). The van der Waals surface area contributed by atoms with Crippen LogP contribution in [0.5, 0.6) is 17.5 Å². The van der Waals surface area contributed by atoms with Gasteiger partial charge >= 0.3 is 6.72 Å². The van der Waals surface area contributed by atoms with Gasteiger partial charge in [-0.3, -0.25) is 9.05 Å². The van der Waals surface area contributed by atoms with Gasteiger partial charge in [-0.2, -0.15) is 0 Å². The lowest BCUT2D eigenvalue weighted by Crippen LogP contribution is -2.03. The van der Waals surface area contributed by atoms with Crippen molar-refractivity contribution in [3.8, 4) is 17.5 Å². The van der Waals surface area contributed by atoms with Crippen molar-refractivity contribution in [2.45, 2.75) is 20.8 Å². The summed E-state index contributed by atoms with van der Waals surface area (Å²) in [6, 6.07) is 10.9. The summed E-state index contributed by atoms with van der Waals surface area (Å²) in [7, 11) is 0. The van der Waals surface area contributed by atoms with Crippen LogP contribution in [0.3, 0.4) is 0 Å². The second kappa shape index (κ2) is 8.36. The zero-order valence-electron chi connectivity index (χ0n) is 13.3. The van der Waals surface area contributed by atoms with E-state index in [0.29, 0.717) is 19.1 Å². The fourth-order valence-corrected chi connectivity index (χ4v) is 3.72. The first-order valence-corrected chi connectivity index (χ1v) is 9.78. The Kier molecular flexibility index (Phi) is 6.47. The molecule has 1 aromatic heterocycles. The SMILES string of the molecule is CCOP(=S)(OCC)Oc1ccc(Oc2ccccc2C)nn1. The molecule has 0 saturated heterocycles. The van der Waals surface area contributed by atoms with Crippen molar-refractivity contribution in [2.75, 3.05) is 13.2 Å². The fraction of sp³-hybridized carbons (Fsp3) is 0.333. The maximum Gasteiger partial charge on any atom is 0.381 e. The highest BCUT2D eigenvalue weighted by Gasteiger charge is 2.22. The normalized spacial score (nSPS) is 11.3. The summed E-state index contributed by atoms with van der Waals surface area (Å²) >= 11 is 5.28. The third-order valence-corrected chi connectivity index (χ3v) is 5.12. The second-order valence-electron chi connectivity index (χ2n) is 4.45. The third kappa shape index (κ3) is 5.25. The van der Waals surface area contributed by atoms with Gasteiger partial charge in [0.1, 0.15) is 5.75 Å². The molecule has 0 aliphatic rings. The van der Waals surface area contributed by atoms with Gasteiger partial charge in [-0.25, -0.2) is 0 Å². The van der Waals surface area contributed by atoms with Crippen LogP contribution in [0, 0.1) is 6.92 Å². The summed E-state index contributed by atoms with van der Waals surface area (Å²) in [6.07, 6.45) is 0. The summed E-state index contributed by atoms with van der Waals surface area (Å²) < 4.78 is 22.0. The molecule has 0 fully saturated rings. The molecule has 0 N–H and O–H groups in total. The average Bonchev–Trinajstić information content (AvgIpc) is 2.52. The lowest BCUT2D eigenvalue weighted by molar-refractivity contribution is 0.215. The topological polar surface area (TPSA) is 62.7 Å². The third-order valence-electron chi connectivity index (χ3n) is 2.70. The molecule has 0 spiro atoms. The summed E-state index contributed by atoms with van der Waals surface area (Å²) in [5.41, 5.74) is 1.01. The zero-order chi connectivity index (χ0) is 16.7. The highest BCUT2D eigenvalue weighted by atomic mass is 32.5. The number of para-hydroxylation sites is 1. The molecule has 1 aromatic carbocycles. The molecule has 23 heavy (non-hydrogen) atoms. The molecule has 0 aliphatic heterocycles. The highest BCUT2D eigenvalue weighted by Crippen LogP contribution is 2.49. The van der Waals surface area contributed by atoms with E-state index >= 15 is 0 Å². The molecule has 0 saturated carbocycles. The Balaban J connectivity index is 2.07. The smallest absolute Gasteiger partial charge is 0.381 e. The van der Waals surface area contributed by atoms with Crippen molar-refractivity contribution in [2.24, 2.45) is 0 Å². The van der Waals surface area contributed by atoms with E-state index in [9.17, 15) is 0 Å². The summed E-state index contributed by atoms with van der Waals surface area (Å²) in [5.74, 6) is 1.34. The summed E-state index contributed by atoms with van der Waals surface area (Å²) in [5, 5.41) is 7.94. The van der Waals surface area contributed by atoms with E-state index < -0.39 is 6.72 Å². The minimum absolute atomic E-state index is 0.243. The van der Waals surface area contributed by atoms with E-state index in [1.54, 1.807) is 12.1 Å². The molecule has 0 radical (unpaired) electrons. The van der Waals surface area contributed by atoms with Crippen LogP contribution in [-0.4, -0.2) is 23.4 Å².